The van der Waals surface area contributed by atoms with E-state index in [1.54, 1.807) is 0 Å². The van der Waals surface area contributed by atoms with Crippen LogP contribution in [0.5, 0.6) is 0 Å². The minimum absolute atomic E-state index is 0.442. The molecular weight excluding hydrogens is 198 g/mol. The molecule has 1 aromatic carbocycles. The zero-order valence-electron chi connectivity index (χ0n) is 8.26. The summed E-state index contributed by atoms with van der Waals surface area (Å²) in [5.74, 6) is -1.11. The van der Waals surface area contributed by atoms with Crippen LogP contribution in [0.1, 0.15) is 12.0 Å². The molecule has 2 nitrogen and oxygen atoms in total. The topological polar surface area (TPSA) is 35.8 Å². The van der Waals surface area contributed by atoms with E-state index in [9.17, 15) is 8.78 Å². The van der Waals surface area contributed by atoms with Gasteiger partial charge in [0, 0.05) is 19.0 Å². The Kier molecular flexibility index (Phi) is 4.72. The highest BCUT2D eigenvalue weighted by atomic mass is 19.1. The maximum atomic E-state index is 12.8. The van der Waals surface area contributed by atoms with E-state index in [4.69, 9.17) is 5.26 Å². The van der Waals surface area contributed by atoms with Crippen molar-refractivity contribution in [2.75, 3.05) is 13.1 Å². The van der Waals surface area contributed by atoms with E-state index in [-0.39, 0.29) is 0 Å². The van der Waals surface area contributed by atoms with Crippen molar-refractivity contribution in [2.45, 2.75) is 12.8 Å². The second-order valence-electron chi connectivity index (χ2n) is 3.19. The van der Waals surface area contributed by atoms with Gasteiger partial charge in [0.1, 0.15) is 11.6 Å². The fourth-order valence-electron chi connectivity index (χ4n) is 1.26. The molecule has 0 aliphatic heterocycles. The van der Waals surface area contributed by atoms with Crippen molar-refractivity contribution >= 4 is 0 Å². The van der Waals surface area contributed by atoms with Crippen molar-refractivity contribution in [2.24, 2.45) is 0 Å². The Bertz CT molecular complexity index is 338. The summed E-state index contributed by atoms with van der Waals surface area (Å²) >= 11 is 0. The lowest BCUT2D eigenvalue weighted by Crippen LogP contribution is -2.18. The van der Waals surface area contributed by atoms with E-state index in [2.05, 4.69) is 5.32 Å². The van der Waals surface area contributed by atoms with Crippen molar-refractivity contribution in [3.63, 3.8) is 0 Å². The zero-order chi connectivity index (χ0) is 11.1. The van der Waals surface area contributed by atoms with Gasteiger partial charge in [-0.2, -0.15) is 5.26 Å². The predicted molar refractivity (Wildman–Crippen MR) is 53.2 cm³/mol. The van der Waals surface area contributed by atoms with Crippen LogP contribution in [0.3, 0.4) is 0 Å². The van der Waals surface area contributed by atoms with Gasteiger partial charge in [0.25, 0.3) is 0 Å². The molecule has 0 radical (unpaired) electrons. The molecule has 0 saturated heterocycles. The molecule has 0 amide bonds. The minimum Gasteiger partial charge on any atom is -0.315 e. The van der Waals surface area contributed by atoms with Crippen LogP contribution in [0.15, 0.2) is 18.2 Å². The van der Waals surface area contributed by atoms with Crippen molar-refractivity contribution in [3.8, 4) is 6.07 Å². The highest BCUT2D eigenvalue weighted by Crippen LogP contribution is 2.07. The first-order chi connectivity index (χ1) is 7.22. The molecule has 0 heterocycles. The first kappa shape index (κ1) is 11.6. The highest BCUT2D eigenvalue weighted by molar-refractivity contribution is 5.18. The molecule has 0 aliphatic rings. The van der Waals surface area contributed by atoms with Crippen LogP contribution >= 0.6 is 0 Å². The van der Waals surface area contributed by atoms with Crippen LogP contribution in [0.25, 0.3) is 0 Å². The fourth-order valence-corrected chi connectivity index (χ4v) is 1.26. The van der Waals surface area contributed by atoms with Crippen LogP contribution in [-0.2, 0) is 6.42 Å². The van der Waals surface area contributed by atoms with Crippen molar-refractivity contribution in [1.29, 1.82) is 5.26 Å². The van der Waals surface area contributed by atoms with Gasteiger partial charge in [-0.15, -0.1) is 0 Å². The van der Waals surface area contributed by atoms with Gasteiger partial charge in [-0.3, -0.25) is 0 Å². The molecule has 1 aromatic rings. The van der Waals surface area contributed by atoms with Crippen LogP contribution in [-0.4, -0.2) is 13.1 Å². The monoisotopic (exact) mass is 210 g/mol. The normalized spacial score (nSPS) is 9.93. The second-order valence-corrected chi connectivity index (χ2v) is 3.19. The second kappa shape index (κ2) is 6.10. The maximum Gasteiger partial charge on any atom is 0.126 e. The van der Waals surface area contributed by atoms with Crippen molar-refractivity contribution in [1.82, 2.24) is 5.32 Å². The van der Waals surface area contributed by atoms with Gasteiger partial charge in [-0.05, 0) is 30.7 Å². The first-order valence-corrected chi connectivity index (χ1v) is 4.75. The predicted octanol–water partition coefficient (Wildman–Crippen LogP) is 2.01. The molecule has 1 rings (SSSR count). The molecule has 0 aromatic heterocycles. The van der Waals surface area contributed by atoms with E-state index < -0.39 is 11.6 Å². The molecular formula is C11H12F2N2. The van der Waals surface area contributed by atoms with Gasteiger partial charge in [0.2, 0.25) is 0 Å². The number of nitriles is 1. The molecule has 0 fully saturated rings. The van der Waals surface area contributed by atoms with E-state index in [0.717, 1.165) is 6.07 Å². The third-order valence-corrected chi connectivity index (χ3v) is 1.93. The van der Waals surface area contributed by atoms with Crippen LogP contribution < -0.4 is 5.32 Å². The SMILES string of the molecule is N#CCCNCCc1cc(F)cc(F)c1. The standard InChI is InChI=1S/C11H12F2N2/c12-10-6-9(7-11(13)8-10)2-5-15-4-1-3-14/h6-8,15H,1-2,4-5H2. The Morgan fingerprint density at radius 3 is 2.40 bits per heavy atom. The Labute approximate surface area is 87.5 Å². The molecule has 1 N–H and O–H groups in total. The average Bonchev–Trinajstić information content (AvgIpc) is 2.16. The summed E-state index contributed by atoms with van der Waals surface area (Å²) < 4.78 is 25.5. The molecule has 0 aliphatic carbocycles. The Balaban J connectivity index is 2.34. The lowest BCUT2D eigenvalue weighted by molar-refractivity contribution is 0.578. The summed E-state index contributed by atoms with van der Waals surface area (Å²) in [5.41, 5.74) is 0.622. The fraction of sp³-hybridized carbons (Fsp3) is 0.364. The number of halogens is 2. The van der Waals surface area contributed by atoms with E-state index in [1.807, 2.05) is 6.07 Å². The Hall–Kier alpha value is -1.47. The van der Waals surface area contributed by atoms with Gasteiger partial charge < -0.3 is 5.32 Å². The summed E-state index contributed by atoms with van der Waals surface area (Å²) in [7, 11) is 0. The molecule has 0 bridgehead atoms. The molecule has 0 atom stereocenters. The minimum atomic E-state index is -0.554. The number of rotatable bonds is 5. The Morgan fingerprint density at radius 1 is 1.13 bits per heavy atom. The third-order valence-electron chi connectivity index (χ3n) is 1.93. The summed E-state index contributed by atoms with van der Waals surface area (Å²) in [4.78, 5) is 0. The molecule has 0 saturated carbocycles. The largest absolute Gasteiger partial charge is 0.315 e. The van der Waals surface area contributed by atoms with Gasteiger partial charge in [-0.25, -0.2) is 8.78 Å². The lowest BCUT2D eigenvalue weighted by atomic mass is 10.1. The molecule has 0 spiro atoms. The van der Waals surface area contributed by atoms with E-state index in [0.29, 0.717) is 31.5 Å². The number of hydrogen-bond donors (Lipinski definition) is 1. The molecule has 0 unspecified atom stereocenters. The number of benzene rings is 1. The lowest BCUT2D eigenvalue weighted by Gasteiger charge is -2.03. The summed E-state index contributed by atoms with van der Waals surface area (Å²) in [5, 5.41) is 11.3. The van der Waals surface area contributed by atoms with Gasteiger partial charge >= 0.3 is 0 Å². The molecule has 4 heteroatoms. The zero-order valence-corrected chi connectivity index (χ0v) is 8.26. The van der Waals surface area contributed by atoms with Crippen molar-refractivity contribution in [3.05, 3.63) is 35.4 Å². The van der Waals surface area contributed by atoms with Crippen LogP contribution in [0.4, 0.5) is 8.78 Å². The smallest absolute Gasteiger partial charge is 0.126 e. The van der Waals surface area contributed by atoms with Gasteiger partial charge in [-0.1, -0.05) is 0 Å². The number of nitrogens with one attached hydrogen (secondary N) is 1. The summed E-state index contributed by atoms with van der Waals surface area (Å²) in [6, 6.07) is 5.48. The van der Waals surface area contributed by atoms with E-state index in [1.165, 1.54) is 12.1 Å². The number of nitrogens with zero attached hydrogens (tertiary/aromatic N) is 1. The summed E-state index contributed by atoms with van der Waals surface area (Å²) in [6.45, 7) is 1.22. The van der Waals surface area contributed by atoms with Crippen LogP contribution in [0.2, 0.25) is 0 Å². The molecule has 15 heavy (non-hydrogen) atoms. The number of hydrogen-bond acceptors (Lipinski definition) is 2. The first-order valence-electron chi connectivity index (χ1n) is 4.75. The highest BCUT2D eigenvalue weighted by Gasteiger charge is 1.99. The van der Waals surface area contributed by atoms with E-state index >= 15 is 0 Å². The quantitative estimate of drug-likeness (QED) is 0.754. The third kappa shape index (κ3) is 4.52. The summed E-state index contributed by atoms with van der Waals surface area (Å²) in [6.07, 6.45) is 0.998. The molecule has 80 valence electrons. The average molecular weight is 210 g/mol. The van der Waals surface area contributed by atoms with Crippen molar-refractivity contribution < 1.29 is 8.78 Å². The van der Waals surface area contributed by atoms with Crippen LogP contribution in [0, 0.1) is 23.0 Å². The Morgan fingerprint density at radius 2 is 1.80 bits per heavy atom. The van der Waals surface area contributed by atoms with Gasteiger partial charge in [0.05, 0.1) is 6.07 Å². The van der Waals surface area contributed by atoms with Gasteiger partial charge in [0.15, 0.2) is 0 Å². The maximum absolute atomic E-state index is 12.8.